The van der Waals surface area contributed by atoms with Gasteiger partial charge in [0.25, 0.3) is 0 Å². The standard InChI is InChI=1S/C22H40N2O4S2/c1-3-4-5-6-7-8-9-10-11-12-13-14-15-18-30(27,28)22-19(23)16-17-20(21(22)24)29(2,25)26/h16-17H,3-15,18,23-24H2,1-2H3. The molecule has 0 saturated carbocycles. The van der Waals surface area contributed by atoms with E-state index in [0.29, 0.717) is 6.42 Å². The number of nitrogens with two attached hydrogens (primary N) is 2. The first kappa shape index (κ1) is 26.8. The smallest absolute Gasteiger partial charge is 0.182 e. The van der Waals surface area contributed by atoms with Gasteiger partial charge in [-0.15, -0.1) is 0 Å². The molecule has 0 unspecified atom stereocenters. The van der Waals surface area contributed by atoms with Crippen molar-refractivity contribution in [3.63, 3.8) is 0 Å². The zero-order valence-electron chi connectivity index (χ0n) is 18.7. The molecule has 174 valence electrons. The maximum atomic E-state index is 12.7. The molecule has 0 aromatic heterocycles. The molecular weight excluding hydrogens is 420 g/mol. The second kappa shape index (κ2) is 13.2. The van der Waals surface area contributed by atoms with E-state index in [4.69, 9.17) is 11.5 Å². The van der Waals surface area contributed by atoms with Gasteiger partial charge in [0.2, 0.25) is 0 Å². The molecule has 1 aromatic rings. The molecule has 0 atom stereocenters. The summed E-state index contributed by atoms with van der Waals surface area (Å²) < 4.78 is 49.0. The van der Waals surface area contributed by atoms with Crippen LogP contribution in [0.1, 0.15) is 90.4 Å². The van der Waals surface area contributed by atoms with Gasteiger partial charge in [-0.1, -0.05) is 84.0 Å². The van der Waals surface area contributed by atoms with Crippen LogP contribution in [0, 0.1) is 0 Å². The van der Waals surface area contributed by atoms with Gasteiger partial charge in [-0.3, -0.25) is 0 Å². The third-order valence-electron chi connectivity index (χ3n) is 5.41. The van der Waals surface area contributed by atoms with Crippen molar-refractivity contribution in [3.05, 3.63) is 12.1 Å². The lowest BCUT2D eigenvalue weighted by atomic mass is 10.1. The molecule has 0 bridgehead atoms. The lowest BCUT2D eigenvalue weighted by Gasteiger charge is -2.13. The van der Waals surface area contributed by atoms with Gasteiger partial charge in [-0.2, -0.15) is 0 Å². The Bertz CT molecular complexity index is 850. The van der Waals surface area contributed by atoms with Crippen molar-refractivity contribution in [2.24, 2.45) is 0 Å². The van der Waals surface area contributed by atoms with Gasteiger partial charge in [-0.25, -0.2) is 16.8 Å². The Kier molecular flexibility index (Phi) is 11.8. The zero-order valence-corrected chi connectivity index (χ0v) is 20.3. The third-order valence-corrected chi connectivity index (χ3v) is 8.47. The van der Waals surface area contributed by atoms with Crippen LogP contribution in [0.4, 0.5) is 11.4 Å². The minimum atomic E-state index is -3.73. The van der Waals surface area contributed by atoms with Gasteiger partial charge < -0.3 is 11.5 Å². The fourth-order valence-electron chi connectivity index (χ4n) is 3.68. The average molecular weight is 461 g/mol. The van der Waals surface area contributed by atoms with Crippen LogP contribution in [0.25, 0.3) is 0 Å². The van der Waals surface area contributed by atoms with Crippen LogP contribution in [0.5, 0.6) is 0 Å². The van der Waals surface area contributed by atoms with Crippen LogP contribution in [-0.2, 0) is 19.7 Å². The number of rotatable bonds is 16. The first-order chi connectivity index (χ1) is 14.1. The van der Waals surface area contributed by atoms with Gasteiger partial charge in [0, 0.05) is 6.26 Å². The van der Waals surface area contributed by atoms with Crippen LogP contribution < -0.4 is 11.5 Å². The molecule has 0 amide bonds. The highest BCUT2D eigenvalue weighted by molar-refractivity contribution is 7.92. The summed E-state index contributed by atoms with van der Waals surface area (Å²) in [6.45, 7) is 2.23. The fourth-order valence-corrected chi connectivity index (χ4v) is 6.22. The Hall–Kier alpha value is -1.28. The van der Waals surface area contributed by atoms with Gasteiger partial charge in [0.05, 0.1) is 22.0 Å². The predicted molar refractivity (Wildman–Crippen MR) is 126 cm³/mol. The van der Waals surface area contributed by atoms with Crippen molar-refractivity contribution < 1.29 is 16.8 Å². The monoisotopic (exact) mass is 460 g/mol. The molecule has 6 nitrogen and oxygen atoms in total. The minimum absolute atomic E-state index is 0.00501. The summed E-state index contributed by atoms with van der Waals surface area (Å²) in [6, 6.07) is 2.55. The number of hydrogen-bond acceptors (Lipinski definition) is 6. The number of nitrogen functional groups attached to an aromatic ring is 2. The normalized spacial score (nSPS) is 12.3. The van der Waals surface area contributed by atoms with E-state index in [2.05, 4.69) is 6.92 Å². The van der Waals surface area contributed by atoms with Crippen molar-refractivity contribution >= 4 is 31.0 Å². The first-order valence-corrected chi connectivity index (χ1v) is 14.8. The summed E-state index contributed by atoms with van der Waals surface area (Å²) in [7, 11) is -7.36. The van der Waals surface area contributed by atoms with E-state index in [9.17, 15) is 16.8 Å². The summed E-state index contributed by atoms with van der Waals surface area (Å²) in [6.07, 6.45) is 16.2. The second-order valence-electron chi connectivity index (χ2n) is 8.23. The van der Waals surface area contributed by atoms with E-state index < -0.39 is 19.7 Å². The third kappa shape index (κ3) is 9.25. The van der Waals surface area contributed by atoms with Crippen LogP contribution in [0.2, 0.25) is 0 Å². The quantitative estimate of drug-likeness (QED) is 0.261. The molecule has 30 heavy (non-hydrogen) atoms. The molecule has 0 fully saturated rings. The Morgan fingerprint density at radius 1 is 0.700 bits per heavy atom. The Balaban J connectivity index is 2.34. The molecule has 0 aliphatic carbocycles. The number of benzene rings is 1. The molecule has 0 saturated heterocycles. The highest BCUT2D eigenvalue weighted by Gasteiger charge is 2.25. The molecule has 1 aromatic carbocycles. The number of sulfone groups is 2. The van der Waals surface area contributed by atoms with Crippen LogP contribution >= 0.6 is 0 Å². The number of anilines is 2. The summed E-state index contributed by atoms with van der Waals surface area (Å²) in [4.78, 5) is -0.440. The number of unbranched alkanes of at least 4 members (excludes halogenated alkanes) is 12. The molecule has 0 aliphatic rings. The summed E-state index contributed by atoms with van der Waals surface area (Å²) in [5.41, 5.74) is 11.4. The molecule has 0 aliphatic heterocycles. The van der Waals surface area contributed by atoms with Crippen molar-refractivity contribution in [2.75, 3.05) is 23.5 Å². The maximum absolute atomic E-state index is 12.7. The molecule has 1 rings (SSSR count). The predicted octanol–water partition coefficient (Wildman–Crippen LogP) is 5.12. The maximum Gasteiger partial charge on any atom is 0.182 e. The molecule has 4 N–H and O–H groups in total. The highest BCUT2D eigenvalue weighted by Crippen LogP contribution is 2.32. The van der Waals surface area contributed by atoms with Gasteiger partial charge in [-0.05, 0) is 18.6 Å². The lowest BCUT2D eigenvalue weighted by Crippen LogP contribution is -2.15. The van der Waals surface area contributed by atoms with Crippen molar-refractivity contribution in [2.45, 2.75) is 100 Å². The first-order valence-electron chi connectivity index (χ1n) is 11.2. The van der Waals surface area contributed by atoms with Crippen LogP contribution in [-0.4, -0.2) is 28.8 Å². The molecule has 8 heteroatoms. The van der Waals surface area contributed by atoms with E-state index in [1.165, 1.54) is 69.9 Å². The Morgan fingerprint density at radius 2 is 1.13 bits per heavy atom. The molecular formula is C22H40N2O4S2. The van der Waals surface area contributed by atoms with Gasteiger partial charge in [0.1, 0.15) is 4.90 Å². The van der Waals surface area contributed by atoms with Crippen molar-refractivity contribution in [1.29, 1.82) is 0 Å². The summed E-state index contributed by atoms with van der Waals surface area (Å²) in [5, 5.41) is 0. The van der Waals surface area contributed by atoms with Crippen molar-refractivity contribution in [3.8, 4) is 0 Å². The topological polar surface area (TPSA) is 120 Å². The fraction of sp³-hybridized carbons (Fsp3) is 0.727. The van der Waals surface area contributed by atoms with Crippen molar-refractivity contribution in [1.82, 2.24) is 0 Å². The van der Waals surface area contributed by atoms with E-state index in [1.54, 1.807) is 0 Å². The molecule has 0 radical (unpaired) electrons. The number of hydrogen-bond donors (Lipinski definition) is 2. The molecule has 0 heterocycles. The Labute approximate surface area is 183 Å². The Morgan fingerprint density at radius 3 is 1.57 bits per heavy atom. The minimum Gasteiger partial charge on any atom is -0.398 e. The van der Waals surface area contributed by atoms with E-state index >= 15 is 0 Å². The van der Waals surface area contributed by atoms with Crippen LogP contribution in [0.15, 0.2) is 21.9 Å². The zero-order chi connectivity index (χ0) is 22.6. The summed E-state index contributed by atoms with van der Waals surface area (Å²) in [5.74, 6) is -0.0770. The van der Waals surface area contributed by atoms with Gasteiger partial charge in [0.15, 0.2) is 19.7 Å². The van der Waals surface area contributed by atoms with E-state index in [-0.39, 0.29) is 26.9 Å². The molecule has 0 spiro atoms. The van der Waals surface area contributed by atoms with Crippen LogP contribution in [0.3, 0.4) is 0 Å². The van der Waals surface area contributed by atoms with Gasteiger partial charge >= 0.3 is 0 Å². The SMILES string of the molecule is CCCCCCCCCCCCCCCS(=O)(=O)c1c(N)ccc(S(C)(=O)=O)c1N. The highest BCUT2D eigenvalue weighted by atomic mass is 32.2. The second-order valence-corrected chi connectivity index (χ2v) is 12.3. The largest absolute Gasteiger partial charge is 0.398 e. The van der Waals surface area contributed by atoms with E-state index in [0.717, 1.165) is 25.5 Å². The summed E-state index contributed by atoms with van der Waals surface area (Å²) >= 11 is 0. The lowest BCUT2D eigenvalue weighted by molar-refractivity contribution is 0.541. The van der Waals surface area contributed by atoms with E-state index in [1.807, 2.05) is 0 Å². The average Bonchev–Trinajstić information content (AvgIpc) is 2.64.